The summed E-state index contributed by atoms with van der Waals surface area (Å²) in [5.41, 5.74) is 2.62. The smallest absolute Gasteiger partial charge is 0.193 e. The summed E-state index contributed by atoms with van der Waals surface area (Å²) < 4.78 is 5.63. The maximum Gasteiger partial charge on any atom is 0.193 e. The van der Waals surface area contributed by atoms with Crippen molar-refractivity contribution in [2.45, 2.75) is 38.8 Å². The number of rotatable bonds is 5. The first kappa shape index (κ1) is 21.6. The summed E-state index contributed by atoms with van der Waals surface area (Å²) in [6.45, 7) is 7.54. The summed E-state index contributed by atoms with van der Waals surface area (Å²) in [5.74, 6) is 2.78. The Kier molecular flexibility index (Phi) is 7.41. The van der Waals surface area contributed by atoms with Gasteiger partial charge in [0.1, 0.15) is 5.82 Å². The number of aliphatic imine (C=N–C) groups is 1. The van der Waals surface area contributed by atoms with Gasteiger partial charge in [-0.2, -0.15) is 0 Å². The van der Waals surface area contributed by atoms with Gasteiger partial charge in [-0.1, -0.05) is 36.4 Å². The number of aromatic nitrogens is 1. The van der Waals surface area contributed by atoms with Crippen LogP contribution in [0.2, 0.25) is 0 Å². The molecular weight excluding hydrogens is 386 g/mol. The fourth-order valence-electron chi connectivity index (χ4n) is 4.54. The molecule has 1 unspecified atom stereocenters. The van der Waals surface area contributed by atoms with Gasteiger partial charge < -0.3 is 19.9 Å². The lowest BCUT2D eigenvalue weighted by Gasteiger charge is -2.34. The van der Waals surface area contributed by atoms with Crippen LogP contribution in [0.25, 0.3) is 0 Å². The molecule has 6 nitrogen and oxygen atoms in total. The number of nitrogens with zero attached hydrogens (tertiary/aromatic N) is 4. The van der Waals surface area contributed by atoms with Gasteiger partial charge in [-0.25, -0.2) is 4.98 Å². The van der Waals surface area contributed by atoms with Gasteiger partial charge in [-0.3, -0.25) is 4.99 Å². The van der Waals surface area contributed by atoms with E-state index in [2.05, 4.69) is 74.5 Å². The minimum Gasteiger partial charge on any atom is -0.375 e. The molecular formula is C25H35N5O. The molecule has 166 valence electrons. The van der Waals surface area contributed by atoms with Gasteiger partial charge in [0.2, 0.25) is 0 Å². The van der Waals surface area contributed by atoms with Crippen LogP contribution < -0.4 is 10.2 Å². The molecule has 2 fully saturated rings. The van der Waals surface area contributed by atoms with Crippen LogP contribution in [-0.4, -0.2) is 61.8 Å². The van der Waals surface area contributed by atoms with Crippen LogP contribution in [0.1, 0.15) is 30.9 Å². The van der Waals surface area contributed by atoms with Gasteiger partial charge >= 0.3 is 0 Å². The third kappa shape index (κ3) is 5.97. The highest BCUT2D eigenvalue weighted by Gasteiger charge is 2.22. The molecule has 3 heterocycles. The Hall–Kier alpha value is -2.60. The van der Waals surface area contributed by atoms with Gasteiger partial charge in [0.05, 0.1) is 12.7 Å². The number of pyridine rings is 1. The Labute approximate surface area is 186 Å². The molecule has 1 aromatic carbocycles. The summed E-state index contributed by atoms with van der Waals surface area (Å²) in [5, 5.41) is 3.53. The zero-order valence-electron chi connectivity index (χ0n) is 18.8. The Morgan fingerprint density at radius 2 is 1.90 bits per heavy atom. The quantitative estimate of drug-likeness (QED) is 0.593. The van der Waals surface area contributed by atoms with Gasteiger partial charge in [-0.05, 0) is 49.3 Å². The number of benzene rings is 1. The number of anilines is 1. The van der Waals surface area contributed by atoms with Crippen LogP contribution in [0, 0.1) is 5.92 Å². The van der Waals surface area contributed by atoms with Crippen LogP contribution in [0.3, 0.4) is 0 Å². The lowest BCUT2D eigenvalue weighted by Crippen LogP contribution is -2.45. The molecule has 1 atom stereocenters. The van der Waals surface area contributed by atoms with Crippen molar-refractivity contribution in [3.05, 3.63) is 59.8 Å². The molecule has 0 amide bonds. The molecule has 1 N–H and O–H groups in total. The van der Waals surface area contributed by atoms with Crippen molar-refractivity contribution in [2.75, 3.05) is 44.7 Å². The van der Waals surface area contributed by atoms with E-state index in [1.807, 2.05) is 13.2 Å². The van der Waals surface area contributed by atoms with Crippen molar-refractivity contribution in [1.29, 1.82) is 0 Å². The molecule has 0 aliphatic carbocycles. The molecule has 0 spiro atoms. The number of hydrogen-bond acceptors (Lipinski definition) is 4. The first-order valence-corrected chi connectivity index (χ1v) is 11.5. The number of piperidine rings is 1. The normalized spacial score (nSPS) is 20.7. The highest BCUT2D eigenvalue weighted by Crippen LogP contribution is 2.22. The van der Waals surface area contributed by atoms with E-state index in [0.717, 1.165) is 57.0 Å². The van der Waals surface area contributed by atoms with E-state index in [1.54, 1.807) is 0 Å². The summed E-state index contributed by atoms with van der Waals surface area (Å²) in [6, 6.07) is 15.1. The molecule has 2 saturated heterocycles. The Bertz CT molecular complexity index is 831. The van der Waals surface area contributed by atoms with E-state index in [-0.39, 0.29) is 6.10 Å². The Morgan fingerprint density at radius 3 is 2.58 bits per heavy atom. The highest BCUT2D eigenvalue weighted by molar-refractivity contribution is 5.79. The second kappa shape index (κ2) is 10.6. The Balaban J connectivity index is 1.24. The van der Waals surface area contributed by atoms with E-state index in [0.29, 0.717) is 0 Å². The summed E-state index contributed by atoms with van der Waals surface area (Å²) in [6.07, 6.45) is 5.84. The van der Waals surface area contributed by atoms with Gasteiger partial charge in [0, 0.05) is 46.0 Å². The topological polar surface area (TPSA) is 53.0 Å². The summed E-state index contributed by atoms with van der Waals surface area (Å²) >= 11 is 0. The molecule has 2 aromatic rings. The number of morpholine rings is 1. The molecule has 0 radical (unpaired) electrons. The first-order chi connectivity index (χ1) is 15.2. The molecule has 0 bridgehead atoms. The van der Waals surface area contributed by atoms with Crippen molar-refractivity contribution >= 4 is 11.8 Å². The average Bonchev–Trinajstić information content (AvgIpc) is 2.81. The second-order valence-electron chi connectivity index (χ2n) is 8.67. The van der Waals surface area contributed by atoms with Crippen molar-refractivity contribution in [2.24, 2.45) is 10.9 Å². The SMILES string of the molecule is CN=C(NCc1ccc(N2CCOC(C)C2)nc1)N1CCC(Cc2ccccc2)CC1. The van der Waals surface area contributed by atoms with E-state index < -0.39 is 0 Å². The van der Waals surface area contributed by atoms with Crippen LogP contribution in [0.5, 0.6) is 0 Å². The van der Waals surface area contributed by atoms with Crippen molar-refractivity contribution in [3.8, 4) is 0 Å². The number of likely N-dealkylation sites (tertiary alicyclic amines) is 1. The first-order valence-electron chi connectivity index (χ1n) is 11.5. The third-order valence-corrected chi connectivity index (χ3v) is 6.32. The maximum atomic E-state index is 5.63. The number of guanidine groups is 1. The number of nitrogens with one attached hydrogen (secondary N) is 1. The van der Waals surface area contributed by atoms with Gasteiger partial charge in [0.15, 0.2) is 5.96 Å². The fourth-order valence-corrected chi connectivity index (χ4v) is 4.54. The minimum atomic E-state index is 0.261. The van der Waals surface area contributed by atoms with Gasteiger partial charge in [0.25, 0.3) is 0 Å². The molecule has 0 saturated carbocycles. The van der Waals surface area contributed by atoms with Crippen LogP contribution >= 0.6 is 0 Å². The summed E-state index contributed by atoms with van der Waals surface area (Å²) in [4.78, 5) is 13.9. The zero-order chi connectivity index (χ0) is 21.5. The molecule has 4 rings (SSSR count). The highest BCUT2D eigenvalue weighted by atomic mass is 16.5. The van der Waals surface area contributed by atoms with Crippen molar-refractivity contribution in [1.82, 2.24) is 15.2 Å². The van der Waals surface area contributed by atoms with Gasteiger partial charge in [-0.15, -0.1) is 0 Å². The van der Waals surface area contributed by atoms with E-state index in [4.69, 9.17) is 4.74 Å². The number of ether oxygens (including phenoxy) is 1. The molecule has 2 aliphatic rings. The molecule has 6 heteroatoms. The van der Waals surface area contributed by atoms with E-state index in [9.17, 15) is 0 Å². The molecule has 31 heavy (non-hydrogen) atoms. The van der Waals surface area contributed by atoms with E-state index in [1.165, 1.54) is 30.4 Å². The van der Waals surface area contributed by atoms with Crippen molar-refractivity contribution < 1.29 is 4.74 Å². The van der Waals surface area contributed by atoms with Crippen molar-refractivity contribution in [3.63, 3.8) is 0 Å². The fraction of sp³-hybridized carbons (Fsp3) is 0.520. The summed E-state index contributed by atoms with van der Waals surface area (Å²) in [7, 11) is 1.87. The van der Waals surface area contributed by atoms with Crippen LogP contribution in [0.15, 0.2) is 53.7 Å². The third-order valence-electron chi connectivity index (χ3n) is 6.32. The maximum absolute atomic E-state index is 5.63. The second-order valence-corrected chi connectivity index (χ2v) is 8.67. The predicted molar refractivity (Wildman–Crippen MR) is 127 cm³/mol. The lowest BCUT2D eigenvalue weighted by molar-refractivity contribution is 0.0529. The average molecular weight is 422 g/mol. The van der Waals surface area contributed by atoms with E-state index >= 15 is 0 Å². The van der Waals surface area contributed by atoms with Crippen LogP contribution in [-0.2, 0) is 17.7 Å². The minimum absolute atomic E-state index is 0.261. The van der Waals surface area contributed by atoms with Crippen LogP contribution in [0.4, 0.5) is 5.82 Å². The Morgan fingerprint density at radius 1 is 1.10 bits per heavy atom. The number of hydrogen-bond donors (Lipinski definition) is 1. The zero-order valence-corrected chi connectivity index (χ0v) is 18.8. The molecule has 1 aromatic heterocycles. The molecule has 2 aliphatic heterocycles. The standard InChI is InChI=1S/C25H35N5O/c1-20-19-30(14-15-31-20)24-9-8-23(17-27-24)18-28-25(26-2)29-12-10-22(11-13-29)16-21-6-4-3-5-7-21/h3-9,17,20,22H,10-16,18-19H2,1-2H3,(H,26,28). The monoisotopic (exact) mass is 421 g/mol. The predicted octanol–water partition coefficient (Wildman–Crippen LogP) is 3.34. The lowest BCUT2D eigenvalue weighted by atomic mass is 9.90. The largest absolute Gasteiger partial charge is 0.375 e.